The number of imidazole rings is 1. The Bertz CT molecular complexity index is 985. The monoisotopic (exact) mass is 380 g/mol. The number of ether oxygens (including phenoxy) is 2. The fourth-order valence-electron chi connectivity index (χ4n) is 3.72. The molecule has 0 saturated carbocycles. The van der Waals surface area contributed by atoms with E-state index in [-0.39, 0.29) is 18.2 Å². The second kappa shape index (κ2) is 7.90. The van der Waals surface area contributed by atoms with Crippen molar-refractivity contribution in [1.29, 1.82) is 0 Å². The predicted molar refractivity (Wildman–Crippen MR) is 106 cm³/mol. The zero-order valence-corrected chi connectivity index (χ0v) is 16.0. The standard InChI is InChI=1S/C21H24N4O3/c1-25-11-10-22-20(25)19-17(9-12-28-19)24-21(26)23-13-16-15-6-4-3-5-14(15)7-8-18(16)27-2/h3-8,10-11,17,19H,9,12-13H2,1-2H3,(H2,23,24,26)/t17-,19-/m1/s1. The number of carbonyl (C=O) groups excluding carboxylic acids is 1. The van der Waals surface area contributed by atoms with Gasteiger partial charge in [0.1, 0.15) is 17.7 Å². The summed E-state index contributed by atoms with van der Waals surface area (Å²) in [6.07, 6.45) is 4.13. The Labute approximate surface area is 163 Å². The average molecular weight is 380 g/mol. The van der Waals surface area contributed by atoms with Crippen molar-refractivity contribution < 1.29 is 14.3 Å². The number of nitrogens with zero attached hydrogens (tertiary/aromatic N) is 2. The number of rotatable bonds is 5. The molecular formula is C21H24N4O3. The van der Waals surface area contributed by atoms with Crippen LogP contribution in [0.5, 0.6) is 5.75 Å². The minimum absolute atomic E-state index is 0.115. The summed E-state index contributed by atoms with van der Waals surface area (Å²) in [5, 5.41) is 8.17. The van der Waals surface area contributed by atoms with E-state index in [1.54, 1.807) is 13.3 Å². The summed E-state index contributed by atoms with van der Waals surface area (Å²) in [4.78, 5) is 16.9. The van der Waals surface area contributed by atoms with Crippen LogP contribution in [0, 0.1) is 0 Å². The number of fused-ring (bicyclic) bond motifs is 1. The molecule has 2 atom stereocenters. The van der Waals surface area contributed by atoms with Crippen LogP contribution in [0.25, 0.3) is 10.8 Å². The fraction of sp³-hybridized carbons (Fsp3) is 0.333. The second-order valence-electron chi connectivity index (χ2n) is 6.88. The normalized spacial score (nSPS) is 18.9. The average Bonchev–Trinajstić information content (AvgIpc) is 3.34. The molecule has 146 valence electrons. The van der Waals surface area contributed by atoms with Crippen LogP contribution in [0.4, 0.5) is 4.79 Å². The lowest BCUT2D eigenvalue weighted by Gasteiger charge is -2.20. The van der Waals surface area contributed by atoms with Crippen molar-refractivity contribution in [1.82, 2.24) is 20.2 Å². The van der Waals surface area contributed by atoms with Crippen LogP contribution in [0.2, 0.25) is 0 Å². The molecule has 0 aliphatic carbocycles. The number of benzene rings is 2. The molecule has 7 heteroatoms. The Hall–Kier alpha value is -3.06. The number of aryl methyl sites for hydroxylation is 1. The third-order valence-corrected chi connectivity index (χ3v) is 5.16. The van der Waals surface area contributed by atoms with Gasteiger partial charge in [-0.25, -0.2) is 9.78 Å². The number of carbonyl (C=O) groups is 1. The Morgan fingerprint density at radius 2 is 2.18 bits per heavy atom. The highest BCUT2D eigenvalue weighted by molar-refractivity contribution is 5.88. The van der Waals surface area contributed by atoms with Gasteiger partial charge in [-0.3, -0.25) is 0 Å². The molecule has 2 heterocycles. The summed E-state index contributed by atoms with van der Waals surface area (Å²) in [6.45, 7) is 0.969. The van der Waals surface area contributed by atoms with Gasteiger partial charge < -0.3 is 24.7 Å². The van der Waals surface area contributed by atoms with E-state index in [9.17, 15) is 4.79 Å². The molecule has 2 amide bonds. The Kier molecular flexibility index (Phi) is 5.16. The van der Waals surface area contributed by atoms with Gasteiger partial charge in [-0.05, 0) is 23.3 Å². The number of amides is 2. The maximum absolute atomic E-state index is 12.6. The SMILES string of the molecule is COc1ccc2ccccc2c1CNC(=O)N[C@@H]1CCO[C@H]1c1nccn1C. The molecule has 0 radical (unpaired) electrons. The zero-order valence-electron chi connectivity index (χ0n) is 16.0. The predicted octanol–water partition coefficient (Wildman–Crippen LogP) is 2.91. The van der Waals surface area contributed by atoms with Crippen LogP contribution in [0.3, 0.4) is 0 Å². The first-order valence-corrected chi connectivity index (χ1v) is 9.35. The summed E-state index contributed by atoms with van der Waals surface area (Å²) < 4.78 is 13.2. The first-order valence-electron chi connectivity index (χ1n) is 9.35. The van der Waals surface area contributed by atoms with Crippen LogP contribution in [0.15, 0.2) is 48.8 Å². The third-order valence-electron chi connectivity index (χ3n) is 5.16. The van der Waals surface area contributed by atoms with E-state index in [4.69, 9.17) is 9.47 Å². The van der Waals surface area contributed by atoms with E-state index in [0.29, 0.717) is 13.2 Å². The molecule has 4 rings (SSSR count). The Balaban J connectivity index is 1.45. The molecular weight excluding hydrogens is 356 g/mol. The van der Waals surface area contributed by atoms with Gasteiger partial charge in [0.05, 0.1) is 13.2 Å². The number of urea groups is 1. The minimum Gasteiger partial charge on any atom is -0.496 e. The van der Waals surface area contributed by atoms with Gasteiger partial charge in [0.15, 0.2) is 0 Å². The quantitative estimate of drug-likeness (QED) is 0.714. The van der Waals surface area contributed by atoms with Crippen molar-refractivity contribution in [3.8, 4) is 5.75 Å². The zero-order chi connectivity index (χ0) is 19.5. The molecule has 0 bridgehead atoms. The van der Waals surface area contributed by atoms with E-state index in [2.05, 4.69) is 15.6 Å². The Morgan fingerprint density at radius 1 is 1.32 bits per heavy atom. The lowest BCUT2D eigenvalue weighted by molar-refractivity contribution is 0.0908. The van der Waals surface area contributed by atoms with Crippen LogP contribution in [0.1, 0.15) is 23.9 Å². The minimum atomic E-state index is -0.238. The van der Waals surface area contributed by atoms with Gasteiger partial charge in [0.25, 0.3) is 0 Å². The van der Waals surface area contributed by atoms with Crippen LogP contribution in [-0.4, -0.2) is 35.3 Å². The molecule has 28 heavy (non-hydrogen) atoms. The topological polar surface area (TPSA) is 77.4 Å². The highest BCUT2D eigenvalue weighted by atomic mass is 16.5. The number of methoxy groups -OCH3 is 1. The molecule has 1 aromatic heterocycles. The fourth-order valence-corrected chi connectivity index (χ4v) is 3.72. The molecule has 3 aromatic rings. The first kappa shape index (κ1) is 18.3. The summed E-state index contributed by atoms with van der Waals surface area (Å²) in [5.41, 5.74) is 0.957. The lowest BCUT2D eigenvalue weighted by Crippen LogP contribution is -2.43. The molecule has 2 aromatic carbocycles. The summed E-state index contributed by atoms with van der Waals surface area (Å²) in [5.74, 6) is 1.58. The summed E-state index contributed by atoms with van der Waals surface area (Å²) in [6, 6.07) is 11.7. The molecule has 0 unspecified atom stereocenters. The van der Waals surface area contributed by atoms with Crippen molar-refractivity contribution in [2.45, 2.75) is 25.1 Å². The van der Waals surface area contributed by atoms with E-state index in [1.807, 2.05) is 54.2 Å². The van der Waals surface area contributed by atoms with Crippen molar-refractivity contribution in [2.24, 2.45) is 7.05 Å². The van der Waals surface area contributed by atoms with Crippen molar-refractivity contribution in [2.75, 3.05) is 13.7 Å². The van der Waals surface area contributed by atoms with E-state index in [0.717, 1.165) is 34.3 Å². The molecule has 2 N–H and O–H groups in total. The first-order chi connectivity index (χ1) is 13.7. The molecule has 1 saturated heterocycles. The highest BCUT2D eigenvalue weighted by Crippen LogP contribution is 2.29. The number of hydrogen-bond donors (Lipinski definition) is 2. The largest absolute Gasteiger partial charge is 0.496 e. The summed E-state index contributed by atoms with van der Waals surface area (Å²) in [7, 11) is 3.56. The number of hydrogen-bond acceptors (Lipinski definition) is 4. The number of aromatic nitrogens is 2. The summed E-state index contributed by atoms with van der Waals surface area (Å²) >= 11 is 0. The van der Waals surface area contributed by atoms with Gasteiger partial charge in [-0.15, -0.1) is 0 Å². The van der Waals surface area contributed by atoms with E-state index >= 15 is 0 Å². The van der Waals surface area contributed by atoms with E-state index < -0.39 is 0 Å². The van der Waals surface area contributed by atoms with Crippen LogP contribution < -0.4 is 15.4 Å². The third kappa shape index (κ3) is 3.53. The maximum atomic E-state index is 12.6. The van der Waals surface area contributed by atoms with Gasteiger partial charge >= 0.3 is 6.03 Å². The van der Waals surface area contributed by atoms with Crippen LogP contribution >= 0.6 is 0 Å². The number of nitrogens with one attached hydrogen (secondary N) is 2. The molecule has 1 aliphatic rings. The molecule has 1 aliphatic heterocycles. The van der Waals surface area contributed by atoms with Gasteiger partial charge in [0.2, 0.25) is 0 Å². The lowest BCUT2D eigenvalue weighted by atomic mass is 10.0. The van der Waals surface area contributed by atoms with Crippen molar-refractivity contribution in [3.63, 3.8) is 0 Å². The van der Waals surface area contributed by atoms with Gasteiger partial charge in [-0.1, -0.05) is 30.3 Å². The Morgan fingerprint density at radius 3 is 2.96 bits per heavy atom. The second-order valence-corrected chi connectivity index (χ2v) is 6.88. The molecule has 0 spiro atoms. The smallest absolute Gasteiger partial charge is 0.315 e. The van der Waals surface area contributed by atoms with Gasteiger partial charge in [-0.2, -0.15) is 0 Å². The highest BCUT2D eigenvalue weighted by Gasteiger charge is 2.33. The van der Waals surface area contributed by atoms with Crippen LogP contribution in [-0.2, 0) is 18.3 Å². The molecule has 7 nitrogen and oxygen atoms in total. The van der Waals surface area contributed by atoms with Gasteiger partial charge in [0, 0.05) is 38.2 Å². The van der Waals surface area contributed by atoms with E-state index in [1.165, 1.54) is 0 Å². The molecule has 1 fully saturated rings. The van der Waals surface area contributed by atoms with Crippen molar-refractivity contribution >= 4 is 16.8 Å². The van der Waals surface area contributed by atoms with Crippen molar-refractivity contribution in [3.05, 3.63) is 60.2 Å². The maximum Gasteiger partial charge on any atom is 0.315 e.